The first-order chi connectivity index (χ1) is 19.1. The molecule has 1 aliphatic heterocycles. The number of anilines is 1. The molecule has 4 rings (SSSR count). The van der Waals surface area contributed by atoms with Gasteiger partial charge in [0, 0.05) is 38.9 Å². The fraction of sp³-hybridized carbons (Fsp3) is 0.407. The molecule has 0 radical (unpaired) electrons. The summed E-state index contributed by atoms with van der Waals surface area (Å²) in [5.74, 6) is -1.81. The highest BCUT2D eigenvalue weighted by atomic mass is 32.2. The number of carbonyl (C=O) groups is 1. The van der Waals surface area contributed by atoms with E-state index in [0.29, 0.717) is 48.9 Å². The van der Waals surface area contributed by atoms with E-state index in [1.807, 2.05) is 18.2 Å². The summed E-state index contributed by atoms with van der Waals surface area (Å²) < 4.78 is 63.1. The summed E-state index contributed by atoms with van der Waals surface area (Å²) in [6.07, 6.45) is 1.12. The Morgan fingerprint density at radius 3 is 2.52 bits per heavy atom. The predicted octanol–water partition coefficient (Wildman–Crippen LogP) is 3.12. The van der Waals surface area contributed by atoms with Gasteiger partial charge in [-0.05, 0) is 36.8 Å². The third kappa shape index (κ3) is 7.34. The van der Waals surface area contributed by atoms with Gasteiger partial charge in [0.15, 0.2) is 21.5 Å². The van der Waals surface area contributed by atoms with Crippen LogP contribution in [0, 0.1) is 18.6 Å². The number of carbonyl (C=O) groups excluding carboxylic acids is 1. The number of ether oxygens (including phenoxy) is 2. The van der Waals surface area contributed by atoms with Gasteiger partial charge >= 0.3 is 6.03 Å². The van der Waals surface area contributed by atoms with E-state index in [4.69, 9.17) is 9.47 Å². The largest absolute Gasteiger partial charge is 0.475 e. The summed E-state index contributed by atoms with van der Waals surface area (Å²) in [7, 11) is -1.63. The first-order valence-electron chi connectivity index (χ1n) is 12.7. The van der Waals surface area contributed by atoms with Gasteiger partial charge in [-0.3, -0.25) is 10.2 Å². The van der Waals surface area contributed by atoms with Gasteiger partial charge in [-0.1, -0.05) is 24.3 Å². The van der Waals surface area contributed by atoms with Crippen molar-refractivity contribution in [2.75, 3.05) is 57.3 Å². The second-order valence-electron chi connectivity index (χ2n) is 9.74. The first kappa shape index (κ1) is 29.4. The monoisotopic (exact) mass is 577 g/mol. The van der Waals surface area contributed by atoms with Crippen molar-refractivity contribution < 1.29 is 31.5 Å². The van der Waals surface area contributed by atoms with Gasteiger partial charge in [-0.25, -0.2) is 26.7 Å². The van der Waals surface area contributed by atoms with E-state index in [0.717, 1.165) is 12.3 Å². The highest BCUT2D eigenvalue weighted by Crippen LogP contribution is 2.31. The molecule has 0 spiro atoms. The molecule has 2 unspecified atom stereocenters. The molecule has 10 nitrogen and oxygen atoms in total. The van der Waals surface area contributed by atoms with E-state index in [1.165, 1.54) is 16.8 Å². The second-order valence-corrected chi connectivity index (χ2v) is 12.0. The highest BCUT2D eigenvalue weighted by Gasteiger charge is 2.35. The number of nitrogens with one attached hydrogen (secondary N) is 2. The van der Waals surface area contributed by atoms with Crippen LogP contribution in [0.5, 0.6) is 5.88 Å². The van der Waals surface area contributed by atoms with Crippen molar-refractivity contribution in [3.63, 3.8) is 0 Å². The zero-order valence-corrected chi connectivity index (χ0v) is 23.4. The van der Waals surface area contributed by atoms with Crippen LogP contribution < -0.4 is 15.4 Å². The topological polar surface area (TPSA) is 115 Å². The summed E-state index contributed by atoms with van der Waals surface area (Å²) in [6, 6.07) is 12.0. The molecular formula is C27H33F2N5O5S. The molecule has 1 saturated heterocycles. The molecule has 1 aromatic heterocycles. The maximum absolute atomic E-state index is 14.1. The van der Waals surface area contributed by atoms with Crippen molar-refractivity contribution in [1.29, 1.82) is 0 Å². The number of nitrogens with zero attached hydrogens (tertiary/aromatic N) is 3. The number of methoxy groups -OCH3 is 1. The summed E-state index contributed by atoms with van der Waals surface area (Å²) in [4.78, 5) is 15.4. The number of benzene rings is 2. The lowest BCUT2D eigenvalue weighted by Gasteiger charge is -2.21. The summed E-state index contributed by atoms with van der Waals surface area (Å²) in [5.41, 5.74) is 1.75. The van der Waals surface area contributed by atoms with E-state index in [-0.39, 0.29) is 24.2 Å². The van der Waals surface area contributed by atoms with E-state index >= 15 is 0 Å². The number of hydrogen-bond acceptors (Lipinski definition) is 7. The zero-order valence-electron chi connectivity index (χ0n) is 22.6. The molecule has 1 aliphatic rings. The molecule has 1 fully saturated rings. The van der Waals surface area contributed by atoms with Crippen molar-refractivity contribution >= 4 is 21.7 Å². The number of hydrogen-bond donors (Lipinski definition) is 2. The Morgan fingerprint density at radius 2 is 1.85 bits per heavy atom. The van der Waals surface area contributed by atoms with Crippen LogP contribution in [0.3, 0.4) is 0 Å². The Morgan fingerprint density at radius 1 is 1.10 bits per heavy atom. The lowest BCUT2D eigenvalue weighted by molar-refractivity contribution is 0.159. The molecule has 13 heteroatoms. The molecular weight excluding hydrogens is 544 g/mol. The van der Waals surface area contributed by atoms with Crippen molar-refractivity contribution in [2.45, 2.75) is 18.9 Å². The van der Waals surface area contributed by atoms with Gasteiger partial charge in [0.2, 0.25) is 5.88 Å². The van der Waals surface area contributed by atoms with Gasteiger partial charge in [0.25, 0.3) is 0 Å². The molecule has 2 aromatic carbocycles. The molecule has 2 amide bonds. The van der Waals surface area contributed by atoms with E-state index < -0.39 is 33.5 Å². The SMILES string of the molecule is COCCN1CC(NC(=O)Nc2c(C)c(OCCS(C)(=O)=O)nn2-c2ccccc2)C(c2ccc(F)c(F)c2)C1. The number of aromatic nitrogens is 2. The third-order valence-electron chi connectivity index (χ3n) is 6.70. The molecule has 3 aromatic rings. The molecule has 0 aliphatic carbocycles. The minimum absolute atomic E-state index is 0.0909. The lowest BCUT2D eigenvalue weighted by atomic mass is 9.94. The number of amides is 2. The van der Waals surface area contributed by atoms with Gasteiger partial charge < -0.3 is 14.8 Å². The van der Waals surface area contributed by atoms with Gasteiger partial charge in [0.05, 0.1) is 29.7 Å². The maximum atomic E-state index is 14.1. The Bertz CT molecular complexity index is 1430. The van der Waals surface area contributed by atoms with E-state index in [9.17, 15) is 22.0 Å². The fourth-order valence-corrected chi connectivity index (χ4v) is 5.02. The van der Waals surface area contributed by atoms with E-state index in [1.54, 1.807) is 26.2 Å². The smallest absolute Gasteiger partial charge is 0.320 e. The molecule has 2 N–H and O–H groups in total. The summed E-state index contributed by atoms with van der Waals surface area (Å²) in [6.45, 7) is 3.73. The van der Waals surface area contributed by atoms with Crippen LogP contribution >= 0.6 is 0 Å². The third-order valence-corrected chi connectivity index (χ3v) is 7.61. The molecule has 2 heterocycles. The quantitative estimate of drug-likeness (QED) is 0.360. The number of urea groups is 1. The lowest BCUT2D eigenvalue weighted by Crippen LogP contribution is -2.42. The van der Waals surface area contributed by atoms with Gasteiger partial charge in [-0.15, -0.1) is 5.10 Å². The summed E-state index contributed by atoms with van der Waals surface area (Å²) >= 11 is 0. The first-order valence-corrected chi connectivity index (χ1v) is 14.8. The average molecular weight is 578 g/mol. The number of likely N-dealkylation sites (tertiary alicyclic amines) is 1. The normalized spacial score (nSPS) is 17.6. The van der Waals surface area contributed by atoms with Crippen LogP contribution in [0.2, 0.25) is 0 Å². The Hall–Kier alpha value is -3.55. The molecule has 216 valence electrons. The van der Waals surface area contributed by atoms with Crippen molar-refractivity contribution in [3.8, 4) is 11.6 Å². The minimum Gasteiger partial charge on any atom is -0.475 e. The zero-order chi connectivity index (χ0) is 28.9. The maximum Gasteiger partial charge on any atom is 0.320 e. The van der Waals surface area contributed by atoms with Crippen LogP contribution in [0.25, 0.3) is 5.69 Å². The fourth-order valence-electron chi connectivity index (χ4n) is 4.63. The number of sulfone groups is 1. The molecule has 40 heavy (non-hydrogen) atoms. The summed E-state index contributed by atoms with van der Waals surface area (Å²) in [5, 5.41) is 10.3. The Kier molecular flexibility index (Phi) is 9.38. The Balaban J connectivity index is 1.56. The minimum atomic E-state index is -3.23. The molecule has 0 bridgehead atoms. The number of rotatable bonds is 11. The van der Waals surface area contributed by atoms with Crippen LogP contribution in [0.15, 0.2) is 48.5 Å². The number of halogens is 2. The van der Waals surface area contributed by atoms with Crippen LogP contribution in [-0.4, -0.2) is 87.1 Å². The highest BCUT2D eigenvalue weighted by molar-refractivity contribution is 7.90. The van der Waals surface area contributed by atoms with Crippen molar-refractivity contribution in [3.05, 3.63) is 71.3 Å². The van der Waals surface area contributed by atoms with Crippen LogP contribution in [0.4, 0.5) is 19.4 Å². The molecule has 2 atom stereocenters. The Labute approximate surface area is 232 Å². The van der Waals surface area contributed by atoms with Gasteiger partial charge in [0.1, 0.15) is 12.4 Å². The standard InChI is InChI=1S/C27H33F2N5O5S/c1-18-25(34(20-7-5-4-6-8-20)32-26(18)39-13-14-40(3,36)37)31-27(35)30-24-17-33(11-12-38-2)16-21(24)19-9-10-22(28)23(29)15-19/h4-10,15,21,24H,11-14,16-17H2,1-3H3,(H2,30,31,35). The van der Waals surface area contributed by atoms with Crippen molar-refractivity contribution in [2.24, 2.45) is 0 Å². The van der Waals surface area contributed by atoms with E-state index in [2.05, 4.69) is 20.6 Å². The van der Waals surface area contributed by atoms with Gasteiger partial charge in [-0.2, -0.15) is 0 Å². The second kappa shape index (κ2) is 12.7. The van der Waals surface area contributed by atoms with Crippen LogP contribution in [-0.2, 0) is 14.6 Å². The molecule has 0 saturated carbocycles. The van der Waals surface area contributed by atoms with Crippen LogP contribution in [0.1, 0.15) is 17.0 Å². The van der Waals surface area contributed by atoms with Crippen molar-refractivity contribution in [1.82, 2.24) is 20.0 Å². The average Bonchev–Trinajstić information content (AvgIpc) is 3.45. The predicted molar refractivity (Wildman–Crippen MR) is 147 cm³/mol. The number of para-hydroxylation sites is 1.